The first-order valence-corrected chi connectivity index (χ1v) is 7.42. The Kier molecular flexibility index (Phi) is 4.68. The highest BCUT2D eigenvalue weighted by atomic mass is 35.5. The largest absolute Gasteiger partial charge is 0.314 e. The molecule has 1 fully saturated rings. The molecule has 0 spiro atoms. The topological polar surface area (TPSA) is 29.9 Å². The third kappa shape index (κ3) is 3.27. The lowest BCUT2D eigenvalue weighted by Crippen LogP contribution is -2.30. The Hall–Kier alpha value is -0.540. The molecule has 18 heavy (non-hydrogen) atoms. The number of nitrogens with one attached hydrogen (secondary N) is 1. The Balaban J connectivity index is 1.83. The predicted molar refractivity (Wildman–Crippen MR) is 76.1 cm³/mol. The smallest absolute Gasteiger partial charge is 0.130 e. The molecule has 102 valence electrons. The van der Waals surface area contributed by atoms with Crippen LogP contribution in [0.2, 0.25) is 5.15 Å². The van der Waals surface area contributed by atoms with Crippen LogP contribution in [-0.4, -0.2) is 22.4 Å². The molecule has 0 radical (unpaired) electrons. The lowest BCUT2D eigenvalue weighted by Gasteiger charge is -2.16. The number of rotatable bonds is 7. The maximum absolute atomic E-state index is 6.25. The quantitative estimate of drug-likeness (QED) is 0.824. The number of aromatic nitrogens is 2. The van der Waals surface area contributed by atoms with Crippen molar-refractivity contribution >= 4 is 11.6 Å². The number of nitrogens with zero attached hydrogens (tertiary/aromatic N) is 2. The minimum Gasteiger partial charge on any atom is -0.314 e. The van der Waals surface area contributed by atoms with E-state index in [9.17, 15) is 0 Å². The molecule has 1 saturated carbocycles. The first kappa shape index (κ1) is 13.9. The molecule has 1 aliphatic rings. The minimum atomic E-state index is 0.714. The number of hydrogen-bond acceptors (Lipinski definition) is 2. The Morgan fingerprint density at radius 1 is 1.50 bits per heavy atom. The van der Waals surface area contributed by atoms with Gasteiger partial charge in [-0.3, -0.25) is 4.68 Å². The molecule has 4 heteroatoms. The molecule has 1 N–H and O–H groups in total. The summed E-state index contributed by atoms with van der Waals surface area (Å²) in [5, 5.41) is 8.78. The summed E-state index contributed by atoms with van der Waals surface area (Å²) < 4.78 is 1.77. The van der Waals surface area contributed by atoms with E-state index >= 15 is 0 Å². The van der Waals surface area contributed by atoms with E-state index in [-0.39, 0.29) is 0 Å². The zero-order valence-corrected chi connectivity index (χ0v) is 12.4. The van der Waals surface area contributed by atoms with Crippen molar-refractivity contribution in [2.75, 3.05) is 6.54 Å². The van der Waals surface area contributed by atoms with Crippen LogP contribution in [0.15, 0.2) is 0 Å². The van der Waals surface area contributed by atoms with E-state index < -0.39 is 0 Å². The average molecular weight is 270 g/mol. The highest BCUT2D eigenvalue weighted by Crippen LogP contribution is 2.34. The van der Waals surface area contributed by atoms with Gasteiger partial charge in [0.15, 0.2) is 0 Å². The lowest BCUT2D eigenvalue weighted by molar-refractivity contribution is 0.434. The van der Waals surface area contributed by atoms with Crippen LogP contribution in [0.3, 0.4) is 0 Å². The van der Waals surface area contributed by atoms with E-state index in [1.54, 1.807) is 4.68 Å². The molecule has 1 aromatic rings. The van der Waals surface area contributed by atoms with E-state index in [1.165, 1.54) is 31.2 Å². The van der Waals surface area contributed by atoms with Crippen LogP contribution in [0, 0.1) is 12.8 Å². The molecule has 0 amide bonds. The summed E-state index contributed by atoms with van der Waals surface area (Å²) in [4.78, 5) is 0. The lowest BCUT2D eigenvalue weighted by atomic mass is 10.0. The van der Waals surface area contributed by atoms with Gasteiger partial charge in [0.2, 0.25) is 0 Å². The molecule has 1 aliphatic carbocycles. The number of aryl methyl sites for hydroxylation is 2. The van der Waals surface area contributed by atoms with Crippen molar-refractivity contribution in [1.29, 1.82) is 0 Å². The maximum Gasteiger partial charge on any atom is 0.130 e. The van der Waals surface area contributed by atoms with Crippen LogP contribution in [0.4, 0.5) is 0 Å². The van der Waals surface area contributed by atoms with E-state index in [0.29, 0.717) is 6.04 Å². The highest BCUT2D eigenvalue weighted by Gasteiger charge is 2.30. The van der Waals surface area contributed by atoms with Crippen molar-refractivity contribution in [2.24, 2.45) is 13.0 Å². The minimum absolute atomic E-state index is 0.714. The second kappa shape index (κ2) is 6.07. The van der Waals surface area contributed by atoms with Crippen LogP contribution in [0.25, 0.3) is 0 Å². The molecule has 0 bridgehead atoms. The van der Waals surface area contributed by atoms with Crippen molar-refractivity contribution < 1.29 is 0 Å². The van der Waals surface area contributed by atoms with E-state index in [4.69, 9.17) is 11.6 Å². The molecule has 1 aromatic heterocycles. The highest BCUT2D eigenvalue weighted by molar-refractivity contribution is 6.30. The fraction of sp³-hybridized carbons (Fsp3) is 0.786. The zero-order chi connectivity index (χ0) is 13.1. The van der Waals surface area contributed by atoms with E-state index in [2.05, 4.69) is 17.3 Å². The van der Waals surface area contributed by atoms with Gasteiger partial charge in [-0.2, -0.15) is 5.10 Å². The van der Waals surface area contributed by atoms with Crippen molar-refractivity contribution in [3.63, 3.8) is 0 Å². The number of halogens is 1. The SMILES string of the molecule is CCNC(CCCc1c(C)nn(C)c1Cl)C1CC1. The molecule has 1 heterocycles. The zero-order valence-electron chi connectivity index (χ0n) is 11.7. The van der Waals surface area contributed by atoms with Crippen LogP contribution in [0.5, 0.6) is 0 Å². The van der Waals surface area contributed by atoms with Crippen LogP contribution < -0.4 is 5.32 Å². The Morgan fingerprint density at radius 3 is 2.72 bits per heavy atom. The van der Waals surface area contributed by atoms with Gasteiger partial charge in [-0.1, -0.05) is 18.5 Å². The Labute approximate surface area is 115 Å². The van der Waals surface area contributed by atoms with Gasteiger partial charge in [-0.25, -0.2) is 0 Å². The molecule has 1 atom stereocenters. The van der Waals surface area contributed by atoms with E-state index in [0.717, 1.165) is 29.7 Å². The summed E-state index contributed by atoms with van der Waals surface area (Å²) in [5.41, 5.74) is 2.30. The fourth-order valence-corrected chi connectivity index (χ4v) is 2.99. The van der Waals surface area contributed by atoms with Crippen molar-refractivity contribution in [3.05, 3.63) is 16.4 Å². The summed E-state index contributed by atoms with van der Waals surface area (Å²) >= 11 is 6.25. The van der Waals surface area contributed by atoms with E-state index in [1.807, 2.05) is 14.0 Å². The fourth-order valence-electron chi connectivity index (χ4n) is 2.72. The van der Waals surface area contributed by atoms with Crippen molar-refractivity contribution in [1.82, 2.24) is 15.1 Å². The first-order valence-electron chi connectivity index (χ1n) is 7.04. The van der Waals surface area contributed by atoms with Crippen molar-refractivity contribution in [2.45, 2.75) is 52.0 Å². The average Bonchev–Trinajstić information content (AvgIpc) is 3.12. The van der Waals surface area contributed by atoms with Crippen LogP contribution >= 0.6 is 11.6 Å². The molecule has 0 aromatic carbocycles. The summed E-state index contributed by atoms with van der Waals surface area (Å²) in [5.74, 6) is 0.926. The normalized spacial score (nSPS) is 17.1. The van der Waals surface area contributed by atoms with Crippen molar-refractivity contribution in [3.8, 4) is 0 Å². The van der Waals surface area contributed by atoms with Crippen LogP contribution in [-0.2, 0) is 13.5 Å². The molecule has 2 rings (SSSR count). The molecule has 3 nitrogen and oxygen atoms in total. The van der Waals surface area contributed by atoms with Gasteiger partial charge >= 0.3 is 0 Å². The number of hydrogen-bond donors (Lipinski definition) is 1. The second-order valence-corrected chi connectivity index (χ2v) is 5.73. The van der Waals surface area contributed by atoms with Gasteiger partial charge in [0, 0.05) is 18.7 Å². The monoisotopic (exact) mass is 269 g/mol. The molecular formula is C14H24ClN3. The summed E-state index contributed by atoms with van der Waals surface area (Å²) in [7, 11) is 1.91. The van der Waals surface area contributed by atoms with Crippen LogP contribution in [0.1, 0.15) is 43.9 Å². The van der Waals surface area contributed by atoms with Gasteiger partial charge in [0.25, 0.3) is 0 Å². The van der Waals surface area contributed by atoms with Gasteiger partial charge < -0.3 is 5.32 Å². The third-order valence-corrected chi connectivity index (χ3v) is 4.34. The Bertz CT molecular complexity index is 396. The maximum atomic E-state index is 6.25. The standard InChI is InChI=1S/C14H24ClN3/c1-4-16-13(11-8-9-11)7-5-6-12-10(2)17-18(3)14(12)15/h11,13,16H,4-9H2,1-3H3. The molecule has 0 saturated heterocycles. The van der Waals surface area contributed by atoms with Gasteiger partial charge in [0.05, 0.1) is 5.69 Å². The summed E-state index contributed by atoms with van der Waals surface area (Å²) in [6.45, 7) is 5.31. The van der Waals surface area contributed by atoms with Gasteiger partial charge in [0.1, 0.15) is 5.15 Å². The third-order valence-electron chi connectivity index (χ3n) is 3.87. The molecule has 1 unspecified atom stereocenters. The predicted octanol–water partition coefficient (Wildman–Crippen LogP) is 3.09. The molecular weight excluding hydrogens is 246 g/mol. The second-order valence-electron chi connectivity index (χ2n) is 5.37. The molecule has 0 aliphatic heterocycles. The Morgan fingerprint density at radius 2 is 2.22 bits per heavy atom. The summed E-state index contributed by atoms with van der Waals surface area (Å²) in [6.07, 6.45) is 6.31. The first-order chi connectivity index (χ1) is 8.63. The summed E-state index contributed by atoms with van der Waals surface area (Å²) in [6, 6.07) is 0.714. The van der Waals surface area contributed by atoms with Gasteiger partial charge in [-0.15, -0.1) is 0 Å². The van der Waals surface area contributed by atoms with Gasteiger partial charge in [-0.05, 0) is 51.5 Å².